The maximum Gasteiger partial charge on any atom is 0.268 e. The van der Waals surface area contributed by atoms with E-state index >= 15 is 0 Å². The lowest BCUT2D eigenvalue weighted by molar-refractivity contribution is 0.0926. The SMILES string of the molecule is CCCn1cc(Br)cc1C(=O)NC(C)Cn1cccn1. The van der Waals surface area contributed by atoms with Crippen molar-refractivity contribution in [1.29, 1.82) is 0 Å². The highest BCUT2D eigenvalue weighted by Gasteiger charge is 2.15. The number of carbonyl (C=O) groups is 1. The van der Waals surface area contributed by atoms with Crippen molar-refractivity contribution in [2.45, 2.75) is 39.4 Å². The second-order valence-corrected chi connectivity index (χ2v) is 5.76. The quantitative estimate of drug-likeness (QED) is 0.880. The van der Waals surface area contributed by atoms with Crippen LogP contribution in [0.25, 0.3) is 0 Å². The van der Waals surface area contributed by atoms with Gasteiger partial charge in [0.05, 0.1) is 6.54 Å². The summed E-state index contributed by atoms with van der Waals surface area (Å²) in [5.41, 5.74) is 0.686. The van der Waals surface area contributed by atoms with Gasteiger partial charge in [-0.25, -0.2) is 0 Å². The molecule has 0 aliphatic heterocycles. The van der Waals surface area contributed by atoms with Gasteiger partial charge in [-0.15, -0.1) is 0 Å². The monoisotopic (exact) mass is 338 g/mol. The molecular formula is C14H19BrN4O. The maximum absolute atomic E-state index is 12.3. The Kier molecular flexibility index (Phi) is 5.00. The topological polar surface area (TPSA) is 51.9 Å². The van der Waals surface area contributed by atoms with E-state index in [1.54, 1.807) is 6.20 Å². The van der Waals surface area contributed by atoms with Crippen molar-refractivity contribution in [1.82, 2.24) is 19.7 Å². The molecule has 0 saturated carbocycles. The fraction of sp³-hybridized carbons (Fsp3) is 0.429. The summed E-state index contributed by atoms with van der Waals surface area (Å²) in [6, 6.07) is 3.75. The van der Waals surface area contributed by atoms with Gasteiger partial charge in [0.1, 0.15) is 5.69 Å². The van der Waals surface area contributed by atoms with Crippen LogP contribution in [0.3, 0.4) is 0 Å². The number of carbonyl (C=O) groups excluding carboxylic acids is 1. The molecule has 0 aliphatic carbocycles. The van der Waals surface area contributed by atoms with Crippen LogP contribution in [0.4, 0.5) is 0 Å². The van der Waals surface area contributed by atoms with E-state index in [0.29, 0.717) is 12.2 Å². The average Bonchev–Trinajstić information content (AvgIpc) is 2.99. The lowest BCUT2D eigenvalue weighted by Crippen LogP contribution is -2.36. The van der Waals surface area contributed by atoms with Gasteiger partial charge >= 0.3 is 0 Å². The number of aromatic nitrogens is 3. The first-order valence-electron chi connectivity index (χ1n) is 6.74. The van der Waals surface area contributed by atoms with Crippen molar-refractivity contribution in [3.63, 3.8) is 0 Å². The molecule has 1 atom stereocenters. The third-order valence-corrected chi connectivity index (χ3v) is 3.39. The lowest BCUT2D eigenvalue weighted by atomic mass is 10.3. The summed E-state index contributed by atoms with van der Waals surface area (Å²) in [4.78, 5) is 12.3. The number of rotatable bonds is 6. The number of nitrogens with zero attached hydrogens (tertiary/aromatic N) is 3. The minimum absolute atomic E-state index is 0.0196. The van der Waals surface area contributed by atoms with Crippen LogP contribution < -0.4 is 5.32 Å². The van der Waals surface area contributed by atoms with Gasteiger partial charge in [0, 0.05) is 35.6 Å². The van der Waals surface area contributed by atoms with Crippen LogP contribution in [0.5, 0.6) is 0 Å². The van der Waals surface area contributed by atoms with Crippen LogP contribution in [-0.4, -0.2) is 26.3 Å². The minimum atomic E-state index is -0.0520. The molecule has 0 bridgehead atoms. The molecule has 1 unspecified atom stereocenters. The highest BCUT2D eigenvalue weighted by Crippen LogP contribution is 2.15. The predicted octanol–water partition coefficient (Wildman–Crippen LogP) is 2.68. The van der Waals surface area contributed by atoms with Crippen LogP contribution >= 0.6 is 15.9 Å². The first-order chi connectivity index (χ1) is 9.60. The number of hydrogen-bond acceptors (Lipinski definition) is 2. The van der Waals surface area contributed by atoms with Gasteiger partial charge < -0.3 is 9.88 Å². The summed E-state index contributed by atoms with van der Waals surface area (Å²) >= 11 is 3.42. The Morgan fingerprint density at radius 3 is 3.00 bits per heavy atom. The van der Waals surface area contributed by atoms with Gasteiger partial charge in [0.15, 0.2) is 0 Å². The van der Waals surface area contributed by atoms with E-state index in [2.05, 4.69) is 33.3 Å². The standard InChI is InChI=1S/C14H19BrN4O/c1-3-6-18-10-12(15)8-13(18)14(20)17-11(2)9-19-7-4-5-16-19/h4-5,7-8,10-11H,3,6,9H2,1-2H3,(H,17,20). The molecule has 0 fully saturated rings. The number of aryl methyl sites for hydroxylation is 1. The van der Waals surface area contributed by atoms with E-state index in [0.717, 1.165) is 17.4 Å². The Labute approximate surface area is 127 Å². The molecule has 0 saturated heterocycles. The van der Waals surface area contributed by atoms with E-state index in [1.165, 1.54) is 0 Å². The van der Waals surface area contributed by atoms with Gasteiger partial charge in [-0.1, -0.05) is 6.92 Å². The Balaban J connectivity index is 2.00. The maximum atomic E-state index is 12.3. The first kappa shape index (κ1) is 14.8. The van der Waals surface area contributed by atoms with Crippen molar-refractivity contribution in [2.24, 2.45) is 0 Å². The highest BCUT2D eigenvalue weighted by atomic mass is 79.9. The molecular weight excluding hydrogens is 320 g/mol. The van der Waals surface area contributed by atoms with Crippen LogP contribution in [0.15, 0.2) is 35.2 Å². The van der Waals surface area contributed by atoms with E-state index < -0.39 is 0 Å². The largest absolute Gasteiger partial charge is 0.346 e. The van der Waals surface area contributed by atoms with Crippen LogP contribution in [0.1, 0.15) is 30.8 Å². The second kappa shape index (κ2) is 6.74. The van der Waals surface area contributed by atoms with Crippen molar-refractivity contribution in [3.05, 3.63) is 40.9 Å². The summed E-state index contributed by atoms with van der Waals surface area (Å²) < 4.78 is 4.71. The van der Waals surface area contributed by atoms with E-state index in [4.69, 9.17) is 0 Å². The van der Waals surface area contributed by atoms with Gasteiger partial charge in [-0.2, -0.15) is 5.10 Å². The zero-order valence-corrected chi connectivity index (χ0v) is 13.3. The predicted molar refractivity (Wildman–Crippen MR) is 81.6 cm³/mol. The molecule has 0 aromatic carbocycles. The van der Waals surface area contributed by atoms with Crippen molar-refractivity contribution < 1.29 is 4.79 Å². The molecule has 2 heterocycles. The van der Waals surface area contributed by atoms with E-state index in [1.807, 2.05) is 40.7 Å². The average molecular weight is 339 g/mol. The normalized spacial score (nSPS) is 12.3. The molecule has 0 radical (unpaired) electrons. The Morgan fingerprint density at radius 1 is 1.55 bits per heavy atom. The van der Waals surface area contributed by atoms with E-state index in [-0.39, 0.29) is 11.9 Å². The van der Waals surface area contributed by atoms with Gasteiger partial charge in [-0.05, 0) is 41.4 Å². The fourth-order valence-electron chi connectivity index (χ4n) is 2.12. The summed E-state index contributed by atoms with van der Waals surface area (Å²) in [6.07, 6.45) is 6.55. The molecule has 2 rings (SSSR count). The van der Waals surface area contributed by atoms with Crippen molar-refractivity contribution in [2.75, 3.05) is 0 Å². The number of halogens is 1. The Hall–Kier alpha value is -1.56. The molecule has 108 valence electrons. The van der Waals surface area contributed by atoms with E-state index in [9.17, 15) is 4.79 Å². The summed E-state index contributed by atoms with van der Waals surface area (Å²) in [5, 5.41) is 7.15. The molecule has 1 amide bonds. The third-order valence-electron chi connectivity index (χ3n) is 2.96. The van der Waals surface area contributed by atoms with Crippen molar-refractivity contribution >= 4 is 21.8 Å². The smallest absolute Gasteiger partial charge is 0.268 e. The van der Waals surface area contributed by atoms with Crippen molar-refractivity contribution in [3.8, 4) is 0 Å². The molecule has 20 heavy (non-hydrogen) atoms. The van der Waals surface area contributed by atoms with Crippen LogP contribution in [-0.2, 0) is 13.1 Å². The number of hydrogen-bond donors (Lipinski definition) is 1. The van der Waals surface area contributed by atoms with Crippen LogP contribution in [0.2, 0.25) is 0 Å². The molecule has 6 heteroatoms. The summed E-state index contributed by atoms with van der Waals surface area (Å²) in [7, 11) is 0. The number of amides is 1. The first-order valence-corrected chi connectivity index (χ1v) is 7.53. The van der Waals surface area contributed by atoms with Gasteiger partial charge in [-0.3, -0.25) is 9.48 Å². The lowest BCUT2D eigenvalue weighted by Gasteiger charge is -2.15. The molecule has 5 nitrogen and oxygen atoms in total. The molecule has 0 spiro atoms. The highest BCUT2D eigenvalue weighted by molar-refractivity contribution is 9.10. The Morgan fingerprint density at radius 2 is 2.35 bits per heavy atom. The Bertz CT molecular complexity index is 562. The second-order valence-electron chi connectivity index (χ2n) is 4.84. The van der Waals surface area contributed by atoms with Gasteiger partial charge in [0.25, 0.3) is 5.91 Å². The summed E-state index contributed by atoms with van der Waals surface area (Å²) in [6.45, 7) is 5.56. The van der Waals surface area contributed by atoms with Crippen LogP contribution in [0, 0.1) is 0 Å². The zero-order valence-electron chi connectivity index (χ0n) is 11.7. The zero-order chi connectivity index (χ0) is 14.5. The molecule has 1 N–H and O–H groups in total. The molecule has 2 aromatic heterocycles. The number of nitrogens with one attached hydrogen (secondary N) is 1. The third kappa shape index (κ3) is 3.72. The van der Waals surface area contributed by atoms with Gasteiger partial charge in [0.2, 0.25) is 0 Å². The minimum Gasteiger partial charge on any atom is -0.346 e. The fourth-order valence-corrected chi connectivity index (χ4v) is 2.59. The molecule has 2 aromatic rings. The molecule has 0 aliphatic rings. The summed E-state index contributed by atoms with van der Waals surface area (Å²) in [5.74, 6) is -0.0520.